The highest BCUT2D eigenvalue weighted by Gasteiger charge is 2.04. The molecule has 0 aliphatic carbocycles. The Morgan fingerprint density at radius 2 is 1.60 bits per heavy atom. The van der Waals surface area contributed by atoms with Crippen molar-refractivity contribution in [2.45, 2.75) is 0 Å². The van der Waals surface area contributed by atoms with Crippen molar-refractivity contribution in [1.29, 1.82) is 0 Å². The SMILES string of the molecule is C=Cc1ccccc1C(=O)O.OC=Cc1ccccc1. The molecule has 0 radical (unpaired) electrons. The third kappa shape index (κ3) is 4.82. The molecular formula is C17H16O3. The second-order valence-corrected chi connectivity index (χ2v) is 3.82. The number of hydrogen-bond acceptors (Lipinski definition) is 2. The molecule has 0 heterocycles. The van der Waals surface area contributed by atoms with Crippen LogP contribution in [0.4, 0.5) is 0 Å². The molecule has 102 valence electrons. The molecule has 0 aliphatic heterocycles. The van der Waals surface area contributed by atoms with E-state index in [1.807, 2.05) is 30.3 Å². The number of aliphatic hydroxyl groups is 1. The zero-order valence-corrected chi connectivity index (χ0v) is 10.9. The normalized spacial score (nSPS) is 9.60. The summed E-state index contributed by atoms with van der Waals surface area (Å²) in [6.45, 7) is 3.51. The molecule has 2 N–H and O–H groups in total. The summed E-state index contributed by atoms with van der Waals surface area (Å²) in [6, 6.07) is 16.4. The fourth-order valence-electron chi connectivity index (χ4n) is 1.52. The maximum absolute atomic E-state index is 10.5. The van der Waals surface area contributed by atoms with Crippen LogP contribution in [0.3, 0.4) is 0 Å². The van der Waals surface area contributed by atoms with Gasteiger partial charge in [-0.2, -0.15) is 0 Å². The third-order valence-electron chi connectivity index (χ3n) is 2.48. The summed E-state index contributed by atoms with van der Waals surface area (Å²) in [5.74, 6) is -0.916. The second kappa shape index (κ2) is 8.32. The molecule has 0 bridgehead atoms. The summed E-state index contributed by atoms with van der Waals surface area (Å²) in [5.41, 5.74) is 1.96. The van der Waals surface area contributed by atoms with Gasteiger partial charge < -0.3 is 10.2 Å². The summed E-state index contributed by atoms with van der Waals surface area (Å²) < 4.78 is 0. The van der Waals surface area contributed by atoms with Crippen LogP contribution < -0.4 is 0 Å². The number of benzene rings is 2. The van der Waals surface area contributed by atoms with Crippen molar-refractivity contribution >= 4 is 18.1 Å². The van der Waals surface area contributed by atoms with Crippen LogP contribution in [-0.4, -0.2) is 16.2 Å². The Labute approximate surface area is 118 Å². The Balaban J connectivity index is 0.000000204. The lowest BCUT2D eigenvalue weighted by molar-refractivity contribution is 0.0696. The Kier molecular flexibility index (Phi) is 6.34. The van der Waals surface area contributed by atoms with Crippen molar-refractivity contribution in [2.75, 3.05) is 0 Å². The van der Waals surface area contributed by atoms with Gasteiger partial charge in [-0.15, -0.1) is 0 Å². The molecule has 0 aliphatic rings. The van der Waals surface area contributed by atoms with E-state index in [9.17, 15) is 4.79 Å². The lowest BCUT2D eigenvalue weighted by Crippen LogP contribution is -1.98. The Morgan fingerprint density at radius 1 is 1.00 bits per heavy atom. The topological polar surface area (TPSA) is 57.5 Å². The van der Waals surface area contributed by atoms with Gasteiger partial charge in [-0.3, -0.25) is 0 Å². The number of rotatable bonds is 3. The van der Waals surface area contributed by atoms with Crippen LogP contribution in [0.1, 0.15) is 21.5 Å². The minimum absolute atomic E-state index is 0.294. The molecule has 0 amide bonds. The van der Waals surface area contributed by atoms with Crippen molar-refractivity contribution in [3.8, 4) is 0 Å². The molecule has 2 aromatic carbocycles. The van der Waals surface area contributed by atoms with Crippen LogP contribution in [-0.2, 0) is 0 Å². The standard InChI is InChI=1S/C9H8O2.C8H8O/c1-2-7-5-3-4-6-8(7)9(10)11;9-7-6-8-4-2-1-3-5-8/h2-6H,1H2,(H,10,11);1-7,9H. The van der Waals surface area contributed by atoms with Crippen LogP contribution in [0.2, 0.25) is 0 Å². The fraction of sp³-hybridized carbons (Fsp3) is 0. The molecule has 2 rings (SSSR count). The van der Waals surface area contributed by atoms with Crippen LogP contribution in [0.5, 0.6) is 0 Å². The minimum atomic E-state index is -0.916. The summed E-state index contributed by atoms with van der Waals surface area (Å²) >= 11 is 0. The first-order valence-electron chi connectivity index (χ1n) is 5.99. The molecule has 3 nitrogen and oxygen atoms in total. The maximum Gasteiger partial charge on any atom is 0.336 e. The first kappa shape index (κ1) is 15.2. The zero-order chi connectivity index (χ0) is 14.8. The van der Waals surface area contributed by atoms with E-state index < -0.39 is 5.97 Å². The van der Waals surface area contributed by atoms with Crippen LogP contribution >= 0.6 is 0 Å². The fourth-order valence-corrected chi connectivity index (χ4v) is 1.52. The van der Waals surface area contributed by atoms with Crippen molar-refractivity contribution < 1.29 is 15.0 Å². The van der Waals surface area contributed by atoms with Gasteiger partial charge in [0.25, 0.3) is 0 Å². The van der Waals surface area contributed by atoms with Gasteiger partial charge in [-0.05, 0) is 23.3 Å². The van der Waals surface area contributed by atoms with E-state index in [-0.39, 0.29) is 0 Å². The van der Waals surface area contributed by atoms with Gasteiger partial charge in [0.2, 0.25) is 0 Å². The van der Waals surface area contributed by atoms with Gasteiger partial charge in [-0.1, -0.05) is 61.2 Å². The van der Waals surface area contributed by atoms with Gasteiger partial charge in [0.1, 0.15) is 0 Å². The van der Waals surface area contributed by atoms with Gasteiger partial charge in [0, 0.05) is 0 Å². The number of carbonyl (C=O) groups is 1. The van der Waals surface area contributed by atoms with Crippen LogP contribution in [0, 0.1) is 0 Å². The average Bonchev–Trinajstić information content (AvgIpc) is 2.49. The van der Waals surface area contributed by atoms with Gasteiger partial charge >= 0.3 is 5.97 Å². The van der Waals surface area contributed by atoms with Crippen molar-refractivity contribution in [3.05, 3.63) is 84.1 Å². The third-order valence-corrected chi connectivity index (χ3v) is 2.48. The summed E-state index contributed by atoms with van der Waals surface area (Å²) in [5, 5.41) is 17.0. The largest absolute Gasteiger partial charge is 0.516 e. The summed E-state index contributed by atoms with van der Waals surface area (Å²) in [6.07, 6.45) is 4.21. The first-order chi connectivity index (χ1) is 9.69. The lowest BCUT2D eigenvalue weighted by atomic mass is 10.1. The zero-order valence-electron chi connectivity index (χ0n) is 10.9. The highest BCUT2D eigenvalue weighted by Crippen LogP contribution is 2.08. The first-order valence-corrected chi connectivity index (χ1v) is 5.99. The summed E-state index contributed by atoms with van der Waals surface area (Å²) in [7, 11) is 0. The van der Waals surface area contributed by atoms with E-state index in [0.717, 1.165) is 11.8 Å². The molecule has 0 fully saturated rings. The van der Waals surface area contributed by atoms with E-state index in [0.29, 0.717) is 11.1 Å². The molecule has 0 aromatic heterocycles. The number of aliphatic hydroxyl groups excluding tert-OH is 1. The van der Waals surface area contributed by atoms with Gasteiger partial charge in [0.15, 0.2) is 0 Å². The molecule has 0 spiro atoms. The predicted molar refractivity (Wildman–Crippen MR) is 81.6 cm³/mol. The highest BCUT2D eigenvalue weighted by molar-refractivity contribution is 5.91. The van der Waals surface area contributed by atoms with Crippen LogP contribution in [0.15, 0.2) is 67.4 Å². The molecule has 3 heteroatoms. The van der Waals surface area contributed by atoms with E-state index in [4.69, 9.17) is 10.2 Å². The number of carboxylic acid groups (broad SMARTS) is 1. The monoisotopic (exact) mass is 268 g/mol. The smallest absolute Gasteiger partial charge is 0.336 e. The molecule has 0 atom stereocenters. The number of hydrogen-bond donors (Lipinski definition) is 2. The maximum atomic E-state index is 10.5. The Morgan fingerprint density at radius 3 is 2.10 bits per heavy atom. The average molecular weight is 268 g/mol. The predicted octanol–water partition coefficient (Wildman–Crippen LogP) is 4.24. The lowest BCUT2D eigenvalue weighted by Gasteiger charge is -1.97. The summed E-state index contributed by atoms with van der Waals surface area (Å²) in [4.78, 5) is 10.5. The molecule has 20 heavy (non-hydrogen) atoms. The Hall–Kier alpha value is -2.81. The van der Waals surface area contributed by atoms with Crippen molar-refractivity contribution in [1.82, 2.24) is 0 Å². The number of carboxylic acids is 1. The molecular weight excluding hydrogens is 252 g/mol. The van der Waals surface area contributed by atoms with E-state index in [1.54, 1.807) is 30.3 Å². The van der Waals surface area contributed by atoms with E-state index >= 15 is 0 Å². The second-order valence-electron chi connectivity index (χ2n) is 3.82. The molecule has 0 saturated carbocycles. The minimum Gasteiger partial charge on any atom is -0.516 e. The van der Waals surface area contributed by atoms with E-state index in [1.165, 1.54) is 6.08 Å². The molecule has 0 saturated heterocycles. The molecule has 2 aromatic rings. The van der Waals surface area contributed by atoms with Crippen molar-refractivity contribution in [3.63, 3.8) is 0 Å². The highest BCUT2D eigenvalue weighted by atomic mass is 16.4. The van der Waals surface area contributed by atoms with E-state index in [2.05, 4.69) is 6.58 Å². The Bertz CT molecular complexity index is 586. The number of aromatic carboxylic acids is 1. The quantitative estimate of drug-likeness (QED) is 0.818. The van der Waals surface area contributed by atoms with Gasteiger partial charge in [-0.25, -0.2) is 4.79 Å². The van der Waals surface area contributed by atoms with Crippen LogP contribution in [0.25, 0.3) is 12.2 Å². The molecule has 0 unspecified atom stereocenters. The van der Waals surface area contributed by atoms with Crippen molar-refractivity contribution in [2.24, 2.45) is 0 Å². The van der Waals surface area contributed by atoms with Gasteiger partial charge in [0.05, 0.1) is 11.8 Å².